The molecule has 26 heavy (non-hydrogen) atoms. The number of ether oxygens (including phenoxy) is 2. The van der Waals surface area contributed by atoms with Crippen LogP contribution in [0.5, 0.6) is 5.75 Å². The van der Waals surface area contributed by atoms with Crippen LogP contribution in [-0.4, -0.2) is 37.9 Å². The highest BCUT2D eigenvalue weighted by molar-refractivity contribution is 6.00. The van der Waals surface area contributed by atoms with Crippen LogP contribution in [0, 0.1) is 13.8 Å². The quantitative estimate of drug-likeness (QED) is 0.609. The minimum Gasteiger partial charge on any atom is -0.496 e. The molecule has 6 heteroatoms. The lowest BCUT2D eigenvalue weighted by Gasteiger charge is -2.10. The molecule has 0 aliphatic rings. The van der Waals surface area contributed by atoms with E-state index in [1.165, 1.54) is 7.11 Å². The van der Waals surface area contributed by atoms with Crippen molar-refractivity contribution in [1.29, 1.82) is 0 Å². The second-order valence-electron chi connectivity index (χ2n) is 5.79. The summed E-state index contributed by atoms with van der Waals surface area (Å²) in [6.45, 7) is 3.00. The summed E-state index contributed by atoms with van der Waals surface area (Å²) in [4.78, 5) is 36.1. The molecule has 0 unspecified atom stereocenters. The van der Waals surface area contributed by atoms with Crippen molar-refractivity contribution in [2.24, 2.45) is 0 Å². The average molecular weight is 355 g/mol. The SMILES string of the molecule is COc1ccccc1C(=O)NCC(=O)OCC(=O)c1cc(C)ccc1C. The molecular formula is C20H21NO5. The summed E-state index contributed by atoms with van der Waals surface area (Å²) in [6.07, 6.45) is 0. The molecule has 6 nitrogen and oxygen atoms in total. The van der Waals surface area contributed by atoms with Gasteiger partial charge in [-0.05, 0) is 37.6 Å². The highest BCUT2D eigenvalue weighted by Gasteiger charge is 2.15. The van der Waals surface area contributed by atoms with Gasteiger partial charge in [-0.15, -0.1) is 0 Å². The van der Waals surface area contributed by atoms with Crippen LogP contribution in [0.4, 0.5) is 0 Å². The number of amides is 1. The number of carbonyl (C=O) groups is 3. The van der Waals surface area contributed by atoms with Crippen LogP contribution in [0.3, 0.4) is 0 Å². The minimum absolute atomic E-state index is 0.282. The van der Waals surface area contributed by atoms with Crippen LogP contribution in [0.25, 0.3) is 0 Å². The maximum absolute atomic E-state index is 12.2. The van der Waals surface area contributed by atoms with Gasteiger partial charge in [-0.2, -0.15) is 0 Å². The second-order valence-corrected chi connectivity index (χ2v) is 5.79. The molecule has 2 aromatic carbocycles. The van der Waals surface area contributed by atoms with Crippen LogP contribution in [0.2, 0.25) is 0 Å². The van der Waals surface area contributed by atoms with E-state index in [-0.39, 0.29) is 18.9 Å². The summed E-state index contributed by atoms with van der Waals surface area (Å²) in [6, 6.07) is 12.2. The molecule has 0 aliphatic carbocycles. The van der Waals surface area contributed by atoms with Crippen molar-refractivity contribution in [2.75, 3.05) is 20.3 Å². The summed E-state index contributed by atoms with van der Waals surface area (Å²) < 4.78 is 10.1. The third-order valence-electron chi connectivity index (χ3n) is 3.80. The lowest BCUT2D eigenvalue weighted by molar-refractivity contribution is -0.141. The van der Waals surface area contributed by atoms with Gasteiger partial charge in [0, 0.05) is 5.56 Å². The Labute approximate surface area is 152 Å². The van der Waals surface area contributed by atoms with E-state index >= 15 is 0 Å². The fourth-order valence-corrected chi connectivity index (χ4v) is 2.39. The highest BCUT2D eigenvalue weighted by Crippen LogP contribution is 2.16. The number of benzene rings is 2. The van der Waals surface area contributed by atoms with Gasteiger partial charge in [0.1, 0.15) is 12.3 Å². The predicted molar refractivity (Wildman–Crippen MR) is 96.5 cm³/mol. The Morgan fingerprint density at radius 1 is 1.00 bits per heavy atom. The molecule has 2 aromatic rings. The molecule has 0 aliphatic heterocycles. The van der Waals surface area contributed by atoms with E-state index in [1.807, 2.05) is 26.0 Å². The molecule has 0 atom stereocenters. The van der Waals surface area contributed by atoms with Gasteiger partial charge in [0.25, 0.3) is 5.91 Å². The van der Waals surface area contributed by atoms with E-state index < -0.39 is 11.9 Å². The Hall–Kier alpha value is -3.15. The van der Waals surface area contributed by atoms with Crippen molar-refractivity contribution >= 4 is 17.7 Å². The lowest BCUT2D eigenvalue weighted by atomic mass is 10.0. The lowest BCUT2D eigenvalue weighted by Crippen LogP contribution is -2.31. The smallest absolute Gasteiger partial charge is 0.325 e. The van der Waals surface area contributed by atoms with Crippen LogP contribution in [0.15, 0.2) is 42.5 Å². The molecule has 0 spiro atoms. The second kappa shape index (κ2) is 8.80. The minimum atomic E-state index is -0.688. The Balaban J connectivity index is 1.86. The van der Waals surface area contributed by atoms with Gasteiger partial charge in [0.05, 0.1) is 12.7 Å². The number of esters is 1. The van der Waals surface area contributed by atoms with Crippen molar-refractivity contribution in [3.05, 3.63) is 64.7 Å². The Morgan fingerprint density at radius 3 is 2.46 bits per heavy atom. The fraction of sp³-hybridized carbons (Fsp3) is 0.250. The molecule has 1 N–H and O–H groups in total. The average Bonchev–Trinajstić information content (AvgIpc) is 2.65. The van der Waals surface area contributed by atoms with Crippen molar-refractivity contribution < 1.29 is 23.9 Å². The van der Waals surface area contributed by atoms with Gasteiger partial charge in [-0.25, -0.2) is 0 Å². The first-order valence-corrected chi connectivity index (χ1v) is 8.09. The Bertz CT molecular complexity index is 829. The number of para-hydroxylation sites is 1. The number of methoxy groups -OCH3 is 1. The maximum atomic E-state index is 12.2. The molecule has 0 bridgehead atoms. The first kappa shape index (κ1) is 19.2. The number of hydrogen-bond acceptors (Lipinski definition) is 5. The molecule has 0 aromatic heterocycles. The molecule has 136 valence electrons. The number of aryl methyl sites for hydroxylation is 2. The molecule has 0 heterocycles. The van der Waals surface area contributed by atoms with Crippen molar-refractivity contribution in [2.45, 2.75) is 13.8 Å². The first-order valence-electron chi connectivity index (χ1n) is 8.09. The normalized spacial score (nSPS) is 10.1. The number of Topliss-reactive ketones (excluding diaryl/α,β-unsaturated/α-hetero) is 1. The van der Waals surface area contributed by atoms with Crippen LogP contribution in [0.1, 0.15) is 31.8 Å². The first-order chi connectivity index (χ1) is 12.4. The van der Waals surface area contributed by atoms with Gasteiger partial charge in [0.2, 0.25) is 5.78 Å². The van der Waals surface area contributed by atoms with E-state index in [9.17, 15) is 14.4 Å². The summed E-state index contributed by atoms with van der Waals surface area (Å²) in [5.41, 5.74) is 2.61. The number of hydrogen-bond donors (Lipinski definition) is 1. The molecule has 0 fully saturated rings. The molecule has 0 saturated heterocycles. The van der Waals surface area contributed by atoms with Crippen molar-refractivity contribution in [3.8, 4) is 5.75 Å². The van der Waals surface area contributed by atoms with Gasteiger partial charge < -0.3 is 14.8 Å². The topological polar surface area (TPSA) is 81.7 Å². The van der Waals surface area contributed by atoms with Crippen molar-refractivity contribution in [3.63, 3.8) is 0 Å². The molecule has 0 radical (unpaired) electrons. The van der Waals surface area contributed by atoms with Crippen LogP contribution in [-0.2, 0) is 9.53 Å². The summed E-state index contributed by atoms with van der Waals surface area (Å²) in [5, 5.41) is 2.45. The van der Waals surface area contributed by atoms with Gasteiger partial charge in [-0.1, -0.05) is 29.8 Å². The number of carbonyl (C=O) groups excluding carboxylic acids is 3. The third-order valence-corrected chi connectivity index (χ3v) is 3.80. The molecule has 1 amide bonds. The maximum Gasteiger partial charge on any atom is 0.325 e. The van der Waals surface area contributed by atoms with E-state index in [2.05, 4.69) is 5.32 Å². The molecular weight excluding hydrogens is 334 g/mol. The molecule has 0 saturated carbocycles. The van der Waals surface area contributed by atoms with Crippen molar-refractivity contribution in [1.82, 2.24) is 5.32 Å². The van der Waals surface area contributed by atoms with E-state index in [1.54, 1.807) is 30.3 Å². The van der Waals surface area contributed by atoms with Crippen LogP contribution < -0.4 is 10.1 Å². The monoisotopic (exact) mass is 355 g/mol. The third kappa shape index (κ3) is 4.92. The zero-order chi connectivity index (χ0) is 19.1. The number of ketones is 1. The van der Waals surface area contributed by atoms with Gasteiger partial charge >= 0.3 is 5.97 Å². The number of nitrogens with one attached hydrogen (secondary N) is 1. The largest absolute Gasteiger partial charge is 0.496 e. The van der Waals surface area contributed by atoms with Gasteiger partial charge in [-0.3, -0.25) is 14.4 Å². The van der Waals surface area contributed by atoms with Gasteiger partial charge in [0.15, 0.2) is 6.61 Å². The summed E-state index contributed by atoms with van der Waals surface area (Å²) >= 11 is 0. The van der Waals surface area contributed by atoms with E-state index in [0.29, 0.717) is 16.9 Å². The zero-order valence-electron chi connectivity index (χ0n) is 15.0. The van der Waals surface area contributed by atoms with E-state index in [0.717, 1.165) is 11.1 Å². The fourth-order valence-electron chi connectivity index (χ4n) is 2.39. The summed E-state index contributed by atoms with van der Waals surface area (Å²) in [7, 11) is 1.46. The predicted octanol–water partition coefficient (Wildman–Crippen LogP) is 2.47. The molecule has 2 rings (SSSR count). The highest BCUT2D eigenvalue weighted by atomic mass is 16.5. The van der Waals surface area contributed by atoms with Crippen LogP contribution >= 0.6 is 0 Å². The number of rotatable bonds is 7. The zero-order valence-corrected chi connectivity index (χ0v) is 15.0. The van der Waals surface area contributed by atoms with E-state index in [4.69, 9.17) is 9.47 Å². The standard InChI is InChI=1S/C20H21NO5/c1-13-8-9-14(2)16(10-13)17(22)12-26-19(23)11-21-20(24)15-6-4-5-7-18(15)25-3/h4-10H,11-12H2,1-3H3,(H,21,24). The Kier molecular flexibility index (Phi) is 6.49. The Morgan fingerprint density at radius 2 is 1.73 bits per heavy atom. The summed E-state index contributed by atoms with van der Waals surface area (Å²) in [5.74, 6) is -1.02.